The van der Waals surface area contributed by atoms with Crippen LogP contribution in [0, 0.1) is 5.82 Å². The Bertz CT molecular complexity index is 618. The summed E-state index contributed by atoms with van der Waals surface area (Å²) in [6.45, 7) is 2.10. The normalized spacial score (nSPS) is 18.3. The molecule has 1 atom stereocenters. The predicted octanol–water partition coefficient (Wildman–Crippen LogP) is 3.33. The van der Waals surface area contributed by atoms with Crippen LogP contribution in [0.1, 0.15) is 18.4 Å². The summed E-state index contributed by atoms with van der Waals surface area (Å²) in [6.07, 6.45) is 2.04. The van der Waals surface area contributed by atoms with E-state index in [1.165, 1.54) is 6.07 Å². The minimum absolute atomic E-state index is 0.138. The van der Waals surface area contributed by atoms with E-state index in [1.54, 1.807) is 12.1 Å². The Morgan fingerprint density at radius 2 is 2.00 bits per heavy atom. The van der Waals surface area contributed by atoms with E-state index < -0.39 is 0 Å². The van der Waals surface area contributed by atoms with E-state index in [-0.39, 0.29) is 11.9 Å². The molecule has 4 heteroatoms. The number of rotatable bonds is 4. The fourth-order valence-corrected chi connectivity index (χ4v) is 2.82. The van der Waals surface area contributed by atoms with Gasteiger partial charge in [0.15, 0.2) is 0 Å². The standard InChI is InChI=1S/C18H21FN2O/c19-15-8-9-18(22-13-14-5-2-1-3-6-14)17(11-15)21-10-4-7-16(20)12-21/h1-3,5-6,8-9,11,16H,4,7,10,12-13,20H2. The number of piperidine rings is 1. The van der Waals surface area contributed by atoms with Crippen molar-refractivity contribution in [2.45, 2.75) is 25.5 Å². The Kier molecular flexibility index (Phi) is 4.59. The molecule has 0 radical (unpaired) electrons. The minimum atomic E-state index is -0.249. The molecule has 3 rings (SSSR count). The van der Waals surface area contributed by atoms with Gasteiger partial charge in [-0.15, -0.1) is 0 Å². The third-order valence-corrected chi connectivity index (χ3v) is 3.96. The van der Waals surface area contributed by atoms with Gasteiger partial charge in [-0.25, -0.2) is 4.39 Å². The molecule has 1 unspecified atom stereocenters. The van der Waals surface area contributed by atoms with E-state index >= 15 is 0 Å². The zero-order valence-electron chi connectivity index (χ0n) is 12.5. The summed E-state index contributed by atoms with van der Waals surface area (Å²) >= 11 is 0. The topological polar surface area (TPSA) is 38.5 Å². The van der Waals surface area contributed by atoms with Gasteiger partial charge < -0.3 is 15.4 Å². The third-order valence-electron chi connectivity index (χ3n) is 3.96. The van der Waals surface area contributed by atoms with Crippen molar-refractivity contribution in [1.82, 2.24) is 0 Å². The molecule has 116 valence electrons. The summed E-state index contributed by atoms with van der Waals surface area (Å²) in [6, 6.07) is 14.8. The van der Waals surface area contributed by atoms with E-state index in [1.807, 2.05) is 30.3 Å². The average Bonchev–Trinajstić information content (AvgIpc) is 2.54. The average molecular weight is 300 g/mol. The van der Waals surface area contributed by atoms with Crippen molar-refractivity contribution in [3.05, 3.63) is 59.9 Å². The van der Waals surface area contributed by atoms with Gasteiger partial charge in [0.25, 0.3) is 0 Å². The van der Waals surface area contributed by atoms with E-state index in [9.17, 15) is 4.39 Å². The second-order valence-corrected chi connectivity index (χ2v) is 5.73. The molecule has 1 saturated heterocycles. The van der Waals surface area contributed by atoms with Gasteiger partial charge in [0, 0.05) is 25.2 Å². The van der Waals surface area contributed by atoms with Crippen molar-refractivity contribution >= 4 is 5.69 Å². The van der Waals surface area contributed by atoms with Gasteiger partial charge in [0.05, 0.1) is 5.69 Å². The van der Waals surface area contributed by atoms with Gasteiger partial charge in [-0.2, -0.15) is 0 Å². The van der Waals surface area contributed by atoms with Crippen molar-refractivity contribution in [2.75, 3.05) is 18.0 Å². The van der Waals surface area contributed by atoms with Crippen molar-refractivity contribution in [3.63, 3.8) is 0 Å². The maximum absolute atomic E-state index is 13.6. The SMILES string of the molecule is NC1CCCN(c2cc(F)ccc2OCc2ccccc2)C1. The van der Waals surface area contributed by atoms with Crippen LogP contribution in [0.5, 0.6) is 5.75 Å². The van der Waals surface area contributed by atoms with Crippen molar-refractivity contribution in [2.24, 2.45) is 5.73 Å². The number of nitrogens with two attached hydrogens (primary N) is 1. The summed E-state index contributed by atoms with van der Waals surface area (Å²) < 4.78 is 19.6. The number of anilines is 1. The van der Waals surface area contributed by atoms with Crippen LogP contribution in [0.4, 0.5) is 10.1 Å². The Morgan fingerprint density at radius 1 is 1.18 bits per heavy atom. The van der Waals surface area contributed by atoms with Crippen LogP contribution in [0.3, 0.4) is 0 Å². The van der Waals surface area contributed by atoms with Crippen LogP contribution in [0.15, 0.2) is 48.5 Å². The molecular weight excluding hydrogens is 279 g/mol. The lowest BCUT2D eigenvalue weighted by atomic mass is 10.1. The lowest BCUT2D eigenvalue weighted by Gasteiger charge is -2.33. The number of ether oxygens (including phenoxy) is 1. The highest BCUT2D eigenvalue weighted by Crippen LogP contribution is 2.31. The molecular formula is C18H21FN2O. The van der Waals surface area contributed by atoms with Gasteiger partial charge >= 0.3 is 0 Å². The highest BCUT2D eigenvalue weighted by molar-refractivity contribution is 5.59. The zero-order valence-corrected chi connectivity index (χ0v) is 12.5. The third kappa shape index (κ3) is 3.57. The molecule has 2 N–H and O–H groups in total. The Morgan fingerprint density at radius 3 is 2.77 bits per heavy atom. The Labute approximate surface area is 130 Å². The van der Waals surface area contributed by atoms with E-state index in [0.717, 1.165) is 37.2 Å². The van der Waals surface area contributed by atoms with Crippen LogP contribution in [-0.4, -0.2) is 19.1 Å². The quantitative estimate of drug-likeness (QED) is 0.941. The molecule has 1 aliphatic heterocycles. The first-order valence-corrected chi connectivity index (χ1v) is 7.69. The smallest absolute Gasteiger partial charge is 0.143 e. The van der Waals surface area contributed by atoms with Crippen LogP contribution in [0.2, 0.25) is 0 Å². The molecule has 0 aromatic heterocycles. The molecule has 1 aliphatic rings. The van der Waals surface area contributed by atoms with Gasteiger partial charge in [-0.1, -0.05) is 30.3 Å². The number of benzene rings is 2. The molecule has 0 spiro atoms. The van der Waals surface area contributed by atoms with Gasteiger partial charge in [0.1, 0.15) is 18.2 Å². The van der Waals surface area contributed by atoms with E-state index in [0.29, 0.717) is 12.4 Å². The molecule has 2 aromatic carbocycles. The first-order chi connectivity index (χ1) is 10.7. The largest absolute Gasteiger partial charge is 0.487 e. The molecule has 1 fully saturated rings. The number of hydrogen-bond donors (Lipinski definition) is 1. The molecule has 0 bridgehead atoms. The van der Waals surface area contributed by atoms with Crippen LogP contribution in [-0.2, 0) is 6.61 Å². The number of hydrogen-bond acceptors (Lipinski definition) is 3. The lowest BCUT2D eigenvalue weighted by Crippen LogP contribution is -2.43. The monoisotopic (exact) mass is 300 g/mol. The lowest BCUT2D eigenvalue weighted by molar-refractivity contribution is 0.305. The molecule has 3 nitrogen and oxygen atoms in total. The summed E-state index contributed by atoms with van der Waals surface area (Å²) in [7, 11) is 0. The Hall–Kier alpha value is -2.07. The molecule has 0 saturated carbocycles. The van der Waals surface area contributed by atoms with Crippen LogP contribution < -0.4 is 15.4 Å². The van der Waals surface area contributed by atoms with Crippen LogP contribution >= 0.6 is 0 Å². The summed E-state index contributed by atoms with van der Waals surface area (Å²) in [5.41, 5.74) is 7.93. The summed E-state index contributed by atoms with van der Waals surface area (Å²) in [4.78, 5) is 2.12. The maximum atomic E-state index is 13.6. The maximum Gasteiger partial charge on any atom is 0.143 e. The summed E-state index contributed by atoms with van der Waals surface area (Å²) in [5.74, 6) is 0.459. The predicted molar refractivity (Wildman–Crippen MR) is 86.6 cm³/mol. The van der Waals surface area contributed by atoms with E-state index in [4.69, 9.17) is 10.5 Å². The number of nitrogens with zero attached hydrogens (tertiary/aromatic N) is 1. The molecule has 22 heavy (non-hydrogen) atoms. The van der Waals surface area contributed by atoms with Gasteiger partial charge in [-0.3, -0.25) is 0 Å². The summed E-state index contributed by atoms with van der Waals surface area (Å²) in [5, 5.41) is 0. The second kappa shape index (κ2) is 6.79. The molecule has 0 aliphatic carbocycles. The first kappa shape index (κ1) is 14.9. The van der Waals surface area contributed by atoms with E-state index in [2.05, 4.69) is 4.90 Å². The zero-order chi connectivity index (χ0) is 15.4. The van der Waals surface area contributed by atoms with Crippen molar-refractivity contribution in [1.29, 1.82) is 0 Å². The fourth-order valence-electron chi connectivity index (χ4n) is 2.82. The fraction of sp³-hybridized carbons (Fsp3) is 0.333. The highest BCUT2D eigenvalue weighted by Gasteiger charge is 2.20. The van der Waals surface area contributed by atoms with Gasteiger partial charge in [0.2, 0.25) is 0 Å². The number of halogens is 1. The van der Waals surface area contributed by atoms with Crippen LogP contribution in [0.25, 0.3) is 0 Å². The van der Waals surface area contributed by atoms with Crippen molar-refractivity contribution in [3.8, 4) is 5.75 Å². The molecule has 1 heterocycles. The second-order valence-electron chi connectivity index (χ2n) is 5.73. The first-order valence-electron chi connectivity index (χ1n) is 7.69. The highest BCUT2D eigenvalue weighted by atomic mass is 19.1. The Balaban J connectivity index is 1.78. The minimum Gasteiger partial charge on any atom is -0.487 e. The molecule has 0 amide bonds. The molecule has 2 aromatic rings. The van der Waals surface area contributed by atoms with Crippen molar-refractivity contribution < 1.29 is 9.13 Å². The van der Waals surface area contributed by atoms with Gasteiger partial charge in [-0.05, 0) is 30.5 Å².